The van der Waals surface area contributed by atoms with E-state index in [9.17, 15) is 18.0 Å². The van der Waals surface area contributed by atoms with Crippen LogP contribution >= 0.6 is 11.8 Å². The largest absolute Gasteiger partial charge is 0.504 e. The van der Waals surface area contributed by atoms with Crippen molar-refractivity contribution in [2.24, 2.45) is 0 Å². The number of hydrogen-bond donors (Lipinski definition) is 1. The van der Waals surface area contributed by atoms with E-state index < -0.39 is 17.7 Å². The molecule has 4 rings (SSSR count). The zero-order valence-electron chi connectivity index (χ0n) is 16.3. The van der Waals surface area contributed by atoms with Crippen molar-refractivity contribution in [1.29, 1.82) is 0 Å². The van der Waals surface area contributed by atoms with Gasteiger partial charge in [0, 0.05) is 31.9 Å². The van der Waals surface area contributed by atoms with Crippen molar-refractivity contribution in [1.82, 2.24) is 9.97 Å². The van der Waals surface area contributed by atoms with E-state index in [4.69, 9.17) is 5.11 Å². The number of rotatable bonds is 3. The number of halogens is 3. The summed E-state index contributed by atoms with van der Waals surface area (Å²) in [6.07, 6.45) is 1.85. The maximum Gasteiger partial charge on any atom is 0.448 e. The van der Waals surface area contributed by atoms with Gasteiger partial charge in [0.05, 0.1) is 10.4 Å². The van der Waals surface area contributed by atoms with E-state index in [1.54, 1.807) is 18.3 Å². The van der Waals surface area contributed by atoms with E-state index in [0.717, 1.165) is 34.1 Å². The first-order valence-corrected chi connectivity index (χ1v) is 10.0. The number of nitrogens with zero attached hydrogens (tertiary/aromatic N) is 2. The zero-order valence-corrected chi connectivity index (χ0v) is 19.5. The van der Waals surface area contributed by atoms with E-state index in [1.165, 1.54) is 6.08 Å². The van der Waals surface area contributed by atoms with Gasteiger partial charge < -0.3 is 10.1 Å². The number of hydrogen-bond acceptors (Lipinski definition) is 5. The van der Waals surface area contributed by atoms with Crippen LogP contribution in [0.5, 0.6) is 0 Å². The molecular formula is C23H16F3IrN2O2S-. The van der Waals surface area contributed by atoms with E-state index in [0.29, 0.717) is 5.75 Å². The second-order valence-electron chi connectivity index (χ2n) is 6.18. The molecule has 0 saturated heterocycles. The minimum Gasteiger partial charge on any atom is -0.504 e. The molecule has 1 aromatic carbocycles. The minimum atomic E-state index is -4.87. The molecule has 3 heterocycles. The minimum absolute atomic E-state index is 0. The number of ketones is 1. The summed E-state index contributed by atoms with van der Waals surface area (Å²) < 4.78 is 35.6. The predicted molar refractivity (Wildman–Crippen MR) is 115 cm³/mol. The van der Waals surface area contributed by atoms with Crippen LogP contribution in [0.4, 0.5) is 13.2 Å². The van der Waals surface area contributed by atoms with Gasteiger partial charge in [-0.05, 0) is 35.1 Å². The number of alkyl halides is 3. The van der Waals surface area contributed by atoms with Crippen molar-refractivity contribution in [3.63, 3.8) is 0 Å². The van der Waals surface area contributed by atoms with Crippen LogP contribution in [0.3, 0.4) is 0 Å². The molecule has 9 heteroatoms. The van der Waals surface area contributed by atoms with Crippen LogP contribution in [0.15, 0.2) is 89.7 Å². The van der Waals surface area contributed by atoms with Crippen LogP contribution in [0, 0.1) is 6.07 Å². The Morgan fingerprint density at radius 2 is 1.94 bits per heavy atom. The summed E-state index contributed by atoms with van der Waals surface area (Å²) in [5.74, 6) is -2.17. The van der Waals surface area contributed by atoms with Crippen molar-refractivity contribution in [2.45, 2.75) is 6.18 Å². The summed E-state index contributed by atoms with van der Waals surface area (Å²) in [4.78, 5) is 20.2. The Kier molecular flexibility index (Phi) is 9.38. The molecule has 0 spiro atoms. The molecule has 2 aromatic heterocycles. The van der Waals surface area contributed by atoms with Gasteiger partial charge in [-0.15, -0.1) is 17.8 Å². The van der Waals surface area contributed by atoms with Gasteiger partial charge in [0.2, 0.25) is 5.76 Å². The summed E-state index contributed by atoms with van der Waals surface area (Å²) in [6, 6.07) is 18.9. The maximum absolute atomic E-state index is 11.9. The van der Waals surface area contributed by atoms with Crippen LogP contribution in [0.1, 0.15) is 0 Å². The number of allylic oxidation sites excluding steroid dienone is 5. The van der Waals surface area contributed by atoms with Crippen LogP contribution in [-0.2, 0) is 24.9 Å². The second kappa shape index (κ2) is 11.8. The van der Waals surface area contributed by atoms with Crippen molar-refractivity contribution < 1.29 is 43.2 Å². The van der Waals surface area contributed by atoms with Gasteiger partial charge in [-0.1, -0.05) is 42.5 Å². The Morgan fingerprint density at radius 1 is 1.16 bits per heavy atom. The fourth-order valence-electron chi connectivity index (χ4n) is 2.49. The number of para-hydroxylation sites is 1. The van der Waals surface area contributed by atoms with Gasteiger partial charge in [-0.2, -0.15) is 25.3 Å². The number of benzene rings is 1. The number of pyridine rings is 2. The van der Waals surface area contributed by atoms with Crippen molar-refractivity contribution >= 4 is 28.4 Å². The Balaban J connectivity index is 0.000000221. The molecule has 1 radical (unpaired) electrons. The van der Waals surface area contributed by atoms with Crippen molar-refractivity contribution in [2.75, 3.05) is 5.75 Å². The third kappa shape index (κ3) is 7.15. The van der Waals surface area contributed by atoms with E-state index >= 15 is 0 Å². The SMILES string of the molecule is O=C(C=C(O)C(F)(F)F)C1=CC=CCS1.[Ir].[c-]1cccnc1-c1ccc2ccccc2n1. The maximum atomic E-state index is 11.9. The standard InChI is InChI=1S/C14H9N2.C9H7F3O2S.Ir/c1-2-6-12-11(5-1)8-9-14(16-12)13-7-3-4-10-15-13;10-9(11,12)8(14)5-6(13)7-3-1-2-4-15-7;/h1-6,8-10H;1-3,5,14H,4H2;/q-1;;. The van der Waals surface area contributed by atoms with Crippen molar-refractivity contribution in [3.05, 3.63) is 95.8 Å². The second-order valence-corrected chi connectivity index (χ2v) is 7.24. The smallest absolute Gasteiger partial charge is 0.448 e. The number of aliphatic hydroxyl groups is 1. The molecule has 0 bridgehead atoms. The van der Waals surface area contributed by atoms with Crippen molar-refractivity contribution in [3.8, 4) is 11.4 Å². The third-order valence-electron chi connectivity index (χ3n) is 3.97. The molecule has 0 amide bonds. The summed E-state index contributed by atoms with van der Waals surface area (Å²) in [6.45, 7) is 0. The molecule has 1 aliphatic rings. The zero-order chi connectivity index (χ0) is 22.3. The molecule has 0 aliphatic carbocycles. The first kappa shape index (κ1) is 25.5. The number of fused-ring (bicyclic) bond motifs is 1. The Labute approximate surface area is 200 Å². The molecule has 32 heavy (non-hydrogen) atoms. The van der Waals surface area contributed by atoms with E-state index in [2.05, 4.69) is 22.1 Å². The Hall–Kier alpha value is -2.74. The number of carbonyl (C=O) groups excluding carboxylic acids is 1. The summed E-state index contributed by atoms with van der Waals surface area (Å²) in [5.41, 5.74) is 2.63. The van der Waals surface area contributed by atoms with E-state index in [-0.39, 0.29) is 31.1 Å². The monoisotopic (exact) mass is 634 g/mol. The molecule has 4 nitrogen and oxygen atoms in total. The van der Waals surface area contributed by atoms with Gasteiger partial charge in [0.25, 0.3) is 0 Å². The van der Waals surface area contributed by atoms with Crippen LogP contribution in [-0.4, -0.2) is 32.8 Å². The average molecular weight is 634 g/mol. The molecule has 0 unspecified atom stereocenters. The number of thioether (sulfide) groups is 1. The molecule has 167 valence electrons. The van der Waals surface area contributed by atoms with Gasteiger partial charge >= 0.3 is 6.18 Å². The normalized spacial score (nSPS) is 13.5. The molecule has 1 N–H and O–H groups in total. The summed E-state index contributed by atoms with van der Waals surface area (Å²) >= 11 is 1.13. The first-order chi connectivity index (χ1) is 14.8. The first-order valence-electron chi connectivity index (χ1n) is 9.05. The van der Waals surface area contributed by atoms with Gasteiger partial charge in [0.15, 0.2) is 5.78 Å². The molecule has 0 fully saturated rings. The van der Waals surface area contributed by atoms with Crippen LogP contribution in [0.2, 0.25) is 0 Å². The van der Waals surface area contributed by atoms with Crippen LogP contribution in [0.25, 0.3) is 22.3 Å². The number of aromatic nitrogens is 2. The molecule has 1 aliphatic heterocycles. The Bertz CT molecular complexity index is 1160. The fourth-order valence-corrected chi connectivity index (χ4v) is 3.25. The number of aliphatic hydroxyl groups excluding tert-OH is 1. The Morgan fingerprint density at radius 3 is 2.59 bits per heavy atom. The van der Waals surface area contributed by atoms with E-state index in [1.807, 2.05) is 42.5 Å². The third-order valence-corrected chi connectivity index (χ3v) is 4.97. The van der Waals surface area contributed by atoms with Gasteiger partial charge in [0.1, 0.15) is 0 Å². The summed E-state index contributed by atoms with van der Waals surface area (Å²) in [7, 11) is 0. The average Bonchev–Trinajstić information content (AvgIpc) is 2.79. The summed E-state index contributed by atoms with van der Waals surface area (Å²) in [5, 5.41) is 9.69. The topological polar surface area (TPSA) is 63.1 Å². The van der Waals surface area contributed by atoms with Crippen LogP contribution < -0.4 is 0 Å². The molecular weight excluding hydrogens is 618 g/mol. The molecule has 0 atom stereocenters. The molecule has 3 aromatic rings. The van der Waals surface area contributed by atoms with Gasteiger partial charge in [-0.25, -0.2) is 0 Å². The quantitative estimate of drug-likeness (QED) is 0.223. The molecule has 0 saturated carbocycles. The van der Waals surface area contributed by atoms with Gasteiger partial charge in [-0.3, -0.25) is 9.78 Å². The predicted octanol–water partition coefficient (Wildman–Crippen LogP) is 5.84. The number of carbonyl (C=O) groups is 1. The fraction of sp³-hybridized carbons (Fsp3) is 0.0870.